The molecule has 4 heteroatoms. The van der Waals surface area contributed by atoms with E-state index in [4.69, 9.17) is 0 Å². The van der Waals surface area contributed by atoms with Crippen molar-refractivity contribution in [3.05, 3.63) is 25.7 Å². The van der Waals surface area contributed by atoms with Crippen LogP contribution >= 0.6 is 0 Å². The average Bonchev–Trinajstić information content (AvgIpc) is 1.94. The Kier molecular flexibility index (Phi) is 2.42. The zero-order valence-electron chi connectivity index (χ0n) is 5.81. The number of halogens is 1. The third kappa shape index (κ3) is 1.56. The second kappa shape index (κ2) is 3.14. The van der Waals surface area contributed by atoms with Gasteiger partial charge in [0, 0.05) is 0 Å². The third-order valence-electron chi connectivity index (χ3n) is 1.09. The summed E-state index contributed by atoms with van der Waals surface area (Å²) in [6, 6.07) is 1.85. The van der Waals surface area contributed by atoms with Gasteiger partial charge in [0.25, 0.3) is 0 Å². The van der Waals surface area contributed by atoms with E-state index in [2.05, 4.69) is 15.1 Å². The zero-order chi connectivity index (χ0) is 7.56. The summed E-state index contributed by atoms with van der Waals surface area (Å²) in [6.45, 7) is 1.87. The molecule has 0 atom stereocenters. The molecule has 3 nitrogen and oxygen atoms in total. The predicted molar refractivity (Wildman–Crippen MR) is 34.2 cm³/mol. The molecule has 0 aromatic carbocycles. The maximum absolute atomic E-state index is 10.9. The van der Waals surface area contributed by atoms with Crippen molar-refractivity contribution >= 4 is 0 Å². The molecule has 56 valence electrons. The third-order valence-corrected chi connectivity index (χ3v) is 3.05. The maximum atomic E-state index is 10.9. The number of alkyl halides is 1. The molecule has 0 spiro atoms. The monoisotopic (exact) mass is 251 g/mol. The number of H-pyrrole nitrogens is 1. The van der Waals surface area contributed by atoms with E-state index in [-0.39, 0.29) is 26.8 Å². The van der Waals surface area contributed by atoms with E-state index in [1.165, 1.54) is 0 Å². The molecule has 0 fully saturated rings. The summed E-state index contributed by atoms with van der Waals surface area (Å²) in [4.78, 5) is 13.0. The van der Waals surface area contributed by atoms with Crippen LogP contribution in [0, 0.1) is 10.5 Å². The fourth-order valence-electron chi connectivity index (χ4n) is 0.614. The van der Waals surface area contributed by atoms with Crippen LogP contribution in [0.4, 0.5) is 0 Å². The molecular weight excluding hydrogens is 243 g/mol. The van der Waals surface area contributed by atoms with Gasteiger partial charge in [-0.3, -0.25) is 0 Å². The van der Waals surface area contributed by atoms with Gasteiger partial charge in [-0.2, -0.15) is 0 Å². The predicted octanol–water partition coefficient (Wildman–Crippen LogP) is -3.03. The van der Waals surface area contributed by atoms with Crippen molar-refractivity contribution in [2.24, 2.45) is 0 Å². The number of aromatic nitrogens is 2. The first-order chi connectivity index (χ1) is 4.74. The number of aromatic amines is 1. The fourth-order valence-corrected chi connectivity index (χ4v) is 1.99. The summed E-state index contributed by atoms with van der Waals surface area (Å²) in [5.74, 6) is 0. The van der Waals surface area contributed by atoms with Crippen molar-refractivity contribution in [3.8, 4) is 0 Å². The number of hydrogen-bond donors (Lipinski definition) is 1. The molecule has 0 aliphatic rings. The number of rotatable bonds is 1. The molecular formula is C6H8IN2O-. The Morgan fingerprint density at radius 3 is 2.90 bits per heavy atom. The second-order valence-corrected chi connectivity index (χ2v) is 4.12. The molecule has 0 unspecified atom stereocenters. The van der Waals surface area contributed by atoms with Crippen LogP contribution in [0.15, 0.2) is 10.9 Å². The van der Waals surface area contributed by atoms with Gasteiger partial charge in [0.2, 0.25) is 0 Å². The van der Waals surface area contributed by atoms with Crippen molar-refractivity contribution in [3.63, 3.8) is 0 Å². The SMILES string of the molecule is C[I-]c1cc(C)n[nH]c1=O. The minimum absolute atomic E-state index is 0.0269. The van der Waals surface area contributed by atoms with Gasteiger partial charge >= 0.3 is 68.9 Å². The Hall–Kier alpha value is -0.390. The zero-order valence-corrected chi connectivity index (χ0v) is 7.97. The molecule has 0 saturated heterocycles. The van der Waals surface area contributed by atoms with Gasteiger partial charge in [-0.15, -0.1) is 0 Å². The van der Waals surface area contributed by atoms with Crippen molar-refractivity contribution < 1.29 is 21.2 Å². The van der Waals surface area contributed by atoms with Crippen LogP contribution in [0.2, 0.25) is 0 Å². The molecule has 10 heavy (non-hydrogen) atoms. The van der Waals surface area contributed by atoms with Crippen LogP contribution in [-0.2, 0) is 0 Å². The number of aryl methyl sites for hydroxylation is 1. The van der Waals surface area contributed by atoms with E-state index in [0.29, 0.717) is 0 Å². The van der Waals surface area contributed by atoms with Crippen LogP contribution in [-0.4, -0.2) is 15.1 Å². The molecule has 0 bridgehead atoms. The second-order valence-electron chi connectivity index (χ2n) is 1.88. The molecule has 1 N–H and O–H groups in total. The van der Waals surface area contributed by atoms with Crippen molar-refractivity contribution in [2.45, 2.75) is 6.92 Å². The van der Waals surface area contributed by atoms with E-state index in [0.717, 1.165) is 9.26 Å². The van der Waals surface area contributed by atoms with Crippen LogP contribution in [0.1, 0.15) is 5.69 Å². The van der Waals surface area contributed by atoms with E-state index < -0.39 is 0 Å². The van der Waals surface area contributed by atoms with Gasteiger partial charge < -0.3 is 0 Å². The summed E-state index contributed by atoms with van der Waals surface area (Å²) in [5, 5.41) is 6.21. The van der Waals surface area contributed by atoms with Crippen molar-refractivity contribution in [2.75, 3.05) is 4.93 Å². The molecule has 0 aliphatic carbocycles. The van der Waals surface area contributed by atoms with Gasteiger partial charge in [-0.25, -0.2) is 0 Å². The van der Waals surface area contributed by atoms with Gasteiger partial charge in [0.1, 0.15) is 0 Å². The number of nitrogens with zero attached hydrogens (tertiary/aromatic N) is 1. The molecule has 0 amide bonds. The first kappa shape index (κ1) is 7.71. The summed E-state index contributed by atoms with van der Waals surface area (Å²) in [5.41, 5.74) is 0.858. The quantitative estimate of drug-likeness (QED) is 0.426. The topological polar surface area (TPSA) is 45.8 Å². The summed E-state index contributed by atoms with van der Waals surface area (Å²) < 4.78 is 0.909. The van der Waals surface area contributed by atoms with E-state index in [9.17, 15) is 4.79 Å². The first-order valence-electron chi connectivity index (χ1n) is 2.80. The first-order valence-corrected chi connectivity index (χ1v) is 6.03. The average molecular weight is 251 g/mol. The molecule has 1 heterocycles. The summed E-state index contributed by atoms with van der Waals surface area (Å²) in [7, 11) is 0. The number of nitrogens with one attached hydrogen (secondary N) is 1. The Labute approximate surface area is 69.1 Å². The molecule has 1 rings (SSSR count). The molecule has 0 saturated carbocycles. The Balaban J connectivity index is 3.22. The normalized spacial score (nSPS) is 10.2. The fraction of sp³-hybridized carbons (Fsp3) is 0.333. The van der Waals surface area contributed by atoms with Gasteiger partial charge in [-0.05, 0) is 0 Å². The Morgan fingerprint density at radius 2 is 2.40 bits per heavy atom. The van der Waals surface area contributed by atoms with Crippen LogP contribution < -0.4 is 26.8 Å². The summed E-state index contributed by atoms with van der Waals surface area (Å²) >= 11 is -0.113. The Morgan fingerprint density at radius 1 is 1.70 bits per heavy atom. The Bertz CT molecular complexity index is 281. The van der Waals surface area contributed by atoms with Crippen LogP contribution in [0.3, 0.4) is 0 Å². The molecule has 1 aromatic rings. The summed E-state index contributed by atoms with van der Waals surface area (Å²) in [6.07, 6.45) is 0. The molecule has 0 aliphatic heterocycles. The van der Waals surface area contributed by atoms with E-state index in [1.807, 2.05) is 13.0 Å². The van der Waals surface area contributed by atoms with Gasteiger partial charge in [0.15, 0.2) is 0 Å². The van der Waals surface area contributed by atoms with Gasteiger partial charge in [0.05, 0.1) is 0 Å². The number of hydrogen-bond acceptors (Lipinski definition) is 2. The van der Waals surface area contributed by atoms with Gasteiger partial charge in [-0.1, -0.05) is 0 Å². The van der Waals surface area contributed by atoms with E-state index in [1.54, 1.807) is 0 Å². The van der Waals surface area contributed by atoms with Crippen LogP contribution in [0.5, 0.6) is 0 Å². The van der Waals surface area contributed by atoms with E-state index >= 15 is 0 Å². The minimum atomic E-state index is -0.113. The standard InChI is InChI=1S/C6H8IN2O/c1-4-3-5(7-2)6(10)9-8-4/h3H,1-2H3,(H,9,10)/q-1. The molecule has 1 aromatic heterocycles. The molecule has 0 radical (unpaired) electrons. The van der Waals surface area contributed by atoms with Crippen molar-refractivity contribution in [1.82, 2.24) is 10.2 Å². The van der Waals surface area contributed by atoms with Crippen LogP contribution in [0.25, 0.3) is 0 Å². The van der Waals surface area contributed by atoms with Crippen molar-refractivity contribution in [1.29, 1.82) is 0 Å².